The van der Waals surface area contributed by atoms with Gasteiger partial charge in [0.15, 0.2) is 0 Å². The summed E-state index contributed by atoms with van der Waals surface area (Å²) >= 11 is 0. The summed E-state index contributed by atoms with van der Waals surface area (Å²) in [5.41, 5.74) is 10.1. The van der Waals surface area contributed by atoms with Gasteiger partial charge in [0, 0.05) is 17.7 Å². The molecule has 2 rings (SSSR count). The third kappa shape index (κ3) is 2.89. The van der Waals surface area contributed by atoms with Crippen molar-refractivity contribution in [1.82, 2.24) is 0 Å². The molecule has 0 atom stereocenters. The fourth-order valence-corrected chi connectivity index (χ4v) is 1.64. The van der Waals surface area contributed by atoms with Crippen LogP contribution in [0.4, 0.5) is 5.69 Å². The van der Waals surface area contributed by atoms with Crippen LogP contribution < -0.4 is 5.73 Å². The predicted octanol–water partition coefficient (Wildman–Crippen LogP) is 3.17. The highest BCUT2D eigenvalue weighted by atomic mass is 14.5. The Hall–Kier alpha value is -2.20. The number of nitrogens with two attached hydrogens (primary N) is 1. The van der Waals surface area contributed by atoms with Crippen molar-refractivity contribution in [3.8, 4) is 11.8 Å². The molecular weight excluding hydrogens is 206 g/mol. The van der Waals surface area contributed by atoms with E-state index in [2.05, 4.69) is 24.8 Å². The Labute approximate surface area is 102 Å². The summed E-state index contributed by atoms with van der Waals surface area (Å²) in [7, 11) is 0. The minimum atomic E-state index is 0.695. The maximum atomic E-state index is 5.86. The summed E-state index contributed by atoms with van der Waals surface area (Å²) in [5.74, 6) is 6.35. The minimum absolute atomic E-state index is 0.695. The highest BCUT2D eigenvalue weighted by Gasteiger charge is 1.94. The molecule has 0 radical (unpaired) electrons. The lowest BCUT2D eigenvalue weighted by Crippen LogP contribution is -1.92. The second-order valence-electron chi connectivity index (χ2n) is 3.99. The van der Waals surface area contributed by atoms with Crippen LogP contribution in [0.2, 0.25) is 0 Å². The molecule has 0 fully saturated rings. The van der Waals surface area contributed by atoms with Crippen LogP contribution in [-0.2, 0) is 6.42 Å². The summed E-state index contributed by atoms with van der Waals surface area (Å²) < 4.78 is 0. The molecule has 0 heterocycles. The van der Waals surface area contributed by atoms with Crippen molar-refractivity contribution in [1.29, 1.82) is 0 Å². The molecule has 84 valence electrons. The van der Waals surface area contributed by atoms with Gasteiger partial charge < -0.3 is 5.73 Å². The number of hydrogen-bond acceptors (Lipinski definition) is 1. The van der Waals surface area contributed by atoms with E-state index >= 15 is 0 Å². The van der Waals surface area contributed by atoms with E-state index in [9.17, 15) is 0 Å². The number of rotatable bonds is 1. The van der Waals surface area contributed by atoms with Gasteiger partial charge in [-0.25, -0.2) is 0 Å². The predicted molar refractivity (Wildman–Crippen MR) is 72.6 cm³/mol. The SMILES string of the molecule is Cc1ccccc1C#CCc1ccccc1N. The van der Waals surface area contributed by atoms with Gasteiger partial charge in [-0.05, 0) is 30.2 Å². The zero-order valence-electron chi connectivity index (χ0n) is 9.90. The summed E-state index contributed by atoms with van der Waals surface area (Å²) in [6, 6.07) is 16.0. The largest absolute Gasteiger partial charge is 0.398 e. The van der Waals surface area contributed by atoms with Crippen LogP contribution in [-0.4, -0.2) is 0 Å². The van der Waals surface area contributed by atoms with Crippen LogP contribution >= 0.6 is 0 Å². The molecular formula is C16H15N. The molecule has 0 aliphatic carbocycles. The van der Waals surface area contributed by atoms with Crippen LogP contribution in [0.1, 0.15) is 16.7 Å². The van der Waals surface area contributed by atoms with Gasteiger partial charge in [0.25, 0.3) is 0 Å². The van der Waals surface area contributed by atoms with Crippen LogP contribution in [0, 0.1) is 18.8 Å². The Morgan fingerprint density at radius 3 is 2.47 bits per heavy atom. The molecule has 2 aromatic rings. The first-order valence-electron chi connectivity index (χ1n) is 5.65. The maximum Gasteiger partial charge on any atom is 0.0364 e. The number of nitrogen functional groups attached to an aromatic ring is 1. The molecule has 0 aliphatic rings. The van der Waals surface area contributed by atoms with Crippen LogP contribution in [0.15, 0.2) is 48.5 Å². The summed E-state index contributed by atoms with van der Waals surface area (Å²) in [6.07, 6.45) is 0.695. The smallest absolute Gasteiger partial charge is 0.0364 e. The zero-order valence-corrected chi connectivity index (χ0v) is 9.90. The van der Waals surface area contributed by atoms with Crippen molar-refractivity contribution in [3.63, 3.8) is 0 Å². The molecule has 0 saturated carbocycles. The number of para-hydroxylation sites is 1. The molecule has 0 amide bonds. The van der Waals surface area contributed by atoms with E-state index in [1.807, 2.05) is 42.5 Å². The third-order valence-electron chi connectivity index (χ3n) is 2.70. The number of anilines is 1. The second-order valence-corrected chi connectivity index (χ2v) is 3.99. The van der Waals surface area contributed by atoms with E-state index in [-0.39, 0.29) is 0 Å². The number of benzene rings is 2. The molecule has 1 heteroatoms. The summed E-state index contributed by atoms with van der Waals surface area (Å²) in [4.78, 5) is 0. The van der Waals surface area contributed by atoms with Gasteiger partial charge >= 0.3 is 0 Å². The topological polar surface area (TPSA) is 26.0 Å². The van der Waals surface area contributed by atoms with Gasteiger partial charge in [-0.1, -0.05) is 48.2 Å². The maximum absolute atomic E-state index is 5.86. The van der Waals surface area contributed by atoms with Crippen LogP contribution in [0.3, 0.4) is 0 Å². The Morgan fingerprint density at radius 2 is 1.71 bits per heavy atom. The van der Waals surface area contributed by atoms with Crippen LogP contribution in [0.25, 0.3) is 0 Å². The van der Waals surface area contributed by atoms with Gasteiger partial charge in [0.1, 0.15) is 0 Å². The lowest BCUT2D eigenvalue weighted by molar-refractivity contribution is 1.32. The second kappa shape index (κ2) is 5.23. The van der Waals surface area contributed by atoms with Crippen LogP contribution in [0.5, 0.6) is 0 Å². The van der Waals surface area contributed by atoms with E-state index in [1.165, 1.54) is 5.56 Å². The highest BCUT2D eigenvalue weighted by molar-refractivity contribution is 5.49. The average molecular weight is 221 g/mol. The molecule has 0 aliphatic heterocycles. The first kappa shape index (κ1) is 11.3. The first-order valence-corrected chi connectivity index (χ1v) is 5.65. The quantitative estimate of drug-likeness (QED) is 0.581. The molecule has 1 nitrogen and oxygen atoms in total. The summed E-state index contributed by atoms with van der Waals surface area (Å²) in [6.45, 7) is 2.07. The lowest BCUT2D eigenvalue weighted by Gasteiger charge is -1.99. The lowest BCUT2D eigenvalue weighted by atomic mass is 10.1. The van der Waals surface area contributed by atoms with E-state index in [0.29, 0.717) is 6.42 Å². The fourth-order valence-electron chi connectivity index (χ4n) is 1.64. The molecule has 0 saturated heterocycles. The van der Waals surface area contributed by atoms with Gasteiger partial charge in [-0.3, -0.25) is 0 Å². The van der Waals surface area contributed by atoms with Gasteiger partial charge in [-0.15, -0.1) is 0 Å². The van der Waals surface area contributed by atoms with Gasteiger partial charge in [0.05, 0.1) is 0 Å². The molecule has 2 N–H and O–H groups in total. The molecule has 0 unspecified atom stereocenters. The van der Waals surface area contributed by atoms with Crippen molar-refractivity contribution in [2.24, 2.45) is 0 Å². The molecule has 2 aromatic carbocycles. The minimum Gasteiger partial charge on any atom is -0.398 e. The molecule has 17 heavy (non-hydrogen) atoms. The molecule has 0 spiro atoms. The van der Waals surface area contributed by atoms with Gasteiger partial charge in [0.2, 0.25) is 0 Å². The molecule has 0 bridgehead atoms. The van der Waals surface area contributed by atoms with Crippen molar-refractivity contribution in [2.75, 3.05) is 5.73 Å². The van der Waals surface area contributed by atoms with E-state index in [1.54, 1.807) is 0 Å². The van der Waals surface area contributed by atoms with E-state index < -0.39 is 0 Å². The fraction of sp³-hybridized carbons (Fsp3) is 0.125. The van der Waals surface area contributed by atoms with E-state index in [0.717, 1.165) is 16.8 Å². The monoisotopic (exact) mass is 221 g/mol. The number of aryl methyl sites for hydroxylation is 1. The van der Waals surface area contributed by atoms with Crippen molar-refractivity contribution in [3.05, 3.63) is 65.2 Å². The standard InChI is InChI=1S/C16H15N/c1-13-7-2-3-8-14(13)10-6-11-15-9-4-5-12-16(15)17/h2-5,7-9,12H,11,17H2,1H3. The Balaban J connectivity index is 2.15. The molecule has 0 aromatic heterocycles. The van der Waals surface area contributed by atoms with E-state index in [4.69, 9.17) is 5.73 Å². The third-order valence-corrected chi connectivity index (χ3v) is 2.70. The van der Waals surface area contributed by atoms with Crippen molar-refractivity contribution >= 4 is 5.69 Å². The van der Waals surface area contributed by atoms with Gasteiger partial charge in [-0.2, -0.15) is 0 Å². The first-order chi connectivity index (χ1) is 8.27. The summed E-state index contributed by atoms with van der Waals surface area (Å²) in [5, 5.41) is 0. The van der Waals surface area contributed by atoms with Crippen molar-refractivity contribution in [2.45, 2.75) is 13.3 Å². The normalized spacial score (nSPS) is 9.47. The highest BCUT2D eigenvalue weighted by Crippen LogP contribution is 2.10. The number of hydrogen-bond donors (Lipinski definition) is 1. The Morgan fingerprint density at radius 1 is 1.00 bits per heavy atom. The Bertz CT molecular complexity index is 573. The zero-order chi connectivity index (χ0) is 12.1. The average Bonchev–Trinajstić information content (AvgIpc) is 2.34. The van der Waals surface area contributed by atoms with Crippen molar-refractivity contribution < 1.29 is 0 Å². The Kier molecular flexibility index (Phi) is 3.47.